The van der Waals surface area contributed by atoms with Crippen molar-refractivity contribution < 1.29 is 9.53 Å². The molecule has 3 nitrogen and oxygen atoms in total. The number of nitrogens with one attached hydrogen (secondary N) is 1. The Hall–Kier alpha value is -1.81. The molecule has 2 aromatic carbocycles. The molecule has 0 aliphatic heterocycles. The Morgan fingerprint density at radius 2 is 1.95 bits per heavy atom. The van der Waals surface area contributed by atoms with Gasteiger partial charge in [0.05, 0.1) is 12.3 Å². The molecule has 0 fully saturated rings. The zero-order valence-corrected chi connectivity index (χ0v) is 14.0. The first kappa shape index (κ1) is 15.6. The molecule has 1 amide bonds. The van der Waals surface area contributed by atoms with Crippen LogP contribution in [-0.2, 0) is 0 Å². The van der Waals surface area contributed by atoms with Gasteiger partial charge in [0.25, 0.3) is 5.91 Å². The van der Waals surface area contributed by atoms with Gasteiger partial charge in [0.1, 0.15) is 5.75 Å². The second-order valence-corrected chi connectivity index (χ2v) is 5.76. The van der Waals surface area contributed by atoms with Gasteiger partial charge < -0.3 is 10.1 Å². The van der Waals surface area contributed by atoms with Crippen LogP contribution in [0.5, 0.6) is 5.75 Å². The van der Waals surface area contributed by atoms with Crippen LogP contribution in [0.4, 0.5) is 5.69 Å². The summed E-state index contributed by atoms with van der Waals surface area (Å²) in [6.07, 6.45) is 0. The van der Waals surface area contributed by atoms with E-state index < -0.39 is 0 Å². The Kier molecular flexibility index (Phi) is 5.02. The van der Waals surface area contributed by atoms with E-state index in [-0.39, 0.29) is 5.91 Å². The molecule has 0 bridgehead atoms. The Labute approximate surface area is 133 Å². The molecule has 110 valence electrons. The van der Waals surface area contributed by atoms with Crippen LogP contribution in [0, 0.1) is 13.8 Å². The molecule has 0 unspecified atom stereocenters. The second kappa shape index (κ2) is 6.76. The largest absolute Gasteiger partial charge is 0.492 e. The van der Waals surface area contributed by atoms with Gasteiger partial charge in [-0.05, 0) is 56.2 Å². The maximum Gasteiger partial charge on any atom is 0.256 e. The summed E-state index contributed by atoms with van der Waals surface area (Å²) >= 11 is 3.39. The number of hydrogen-bond donors (Lipinski definition) is 1. The molecule has 0 spiro atoms. The number of benzene rings is 2. The van der Waals surface area contributed by atoms with Crippen LogP contribution >= 0.6 is 15.9 Å². The Morgan fingerprint density at radius 3 is 2.67 bits per heavy atom. The number of hydrogen-bond acceptors (Lipinski definition) is 2. The van der Waals surface area contributed by atoms with E-state index in [9.17, 15) is 4.79 Å². The van der Waals surface area contributed by atoms with Crippen molar-refractivity contribution in [3.63, 3.8) is 0 Å². The average molecular weight is 348 g/mol. The van der Waals surface area contributed by atoms with E-state index in [0.717, 1.165) is 15.6 Å². The molecule has 0 aliphatic rings. The Morgan fingerprint density at radius 1 is 1.19 bits per heavy atom. The lowest BCUT2D eigenvalue weighted by Crippen LogP contribution is -2.14. The van der Waals surface area contributed by atoms with Crippen molar-refractivity contribution in [3.05, 3.63) is 57.6 Å². The van der Waals surface area contributed by atoms with Crippen molar-refractivity contribution in [2.45, 2.75) is 20.8 Å². The first-order valence-corrected chi connectivity index (χ1v) is 7.61. The minimum Gasteiger partial charge on any atom is -0.492 e. The highest BCUT2D eigenvalue weighted by Gasteiger charge is 2.12. The van der Waals surface area contributed by atoms with Crippen LogP contribution in [-0.4, -0.2) is 12.5 Å². The molecule has 0 atom stereocenters. The van der Waals surface area contributed by atoms with Gasteiger partial charge in [0.15, 0.2) is 0 Å². The molecule has 0 aliphatic carbocycles. The molecular formula is C17H18BrNO2. The van der Waals surface area contributed by atoms with Crippen LogP contribution in [0.15, 0.2) is 40.9 Å². The summed E-state index contributed by atoms with van der Waals surface area (Å²) in [4.78, 5) is 12.4. The van der Waals surface area contributed by atoms with E-state index in [1.807, 2.05) is 57.2 Å². The van der Waals surface area contributed by atoms with Gasteiger partial charge in [-0.3, -0.25) is 4.79 Å². The standard InChI is InChI=1S/C17H18BrNO2/c1-4-21-16-9-11(2)5-8-15(16)19-17(20)14-10-13(18)7-6-12(14)3/h5-10H,4H2,1-3H3,(H,19,20). The molecule has 4 heteroatoms. The Balaban J connectivity index is 2.29. The molecule has 0 heterocycles. The molecule has 0 radical (unpaired) electrons. The third-order valence-electron chi connectivity index (χ3n) is 3.13. The summed E-state index contributed by atoms with van der Waals surface area (Å²) < 4.78 is 6.47. The van der Waals surface area contributed by atoms with Gasteiger partial charge in [-0.25, -0.2) is 0 Å². The summed E-state index contributed by atoms with van der Waals surface area (Å²) in [7, 11) is 0. The summed E-state index contributed by atoms with van der Waals surface area (Å²) in [6, 6.07) is 11.4. The number of halogens is 1. The van der Waals surface area contributed by atoms with Gasteiger partial charge in [-0.2, -0.15) is 0 Å². The van der Waals surface area contributed by atoms with Gasteiger partial charge in [0.2, 0.25) is 0 Å². The zero-order valence-electron chi connectivity index (χ0n) is 12.4. The fourth-order valence-corrected chi connectivity index (χ4v) is 2.40. The molecule has 0 saturated heterocycles. The van der Waals surface area contributed by atoms with Gasteiger partial charge in [-0.15, -0.1) is 0 Å². The van der Waals surface area contributed by atoms with Crippen molar-refractivity contribution in [1.82, 2.24) is 0 Å². The topological polar surface area (TPSA) is 38.3 Å². The van der Waals surface area contributed by atoms with Gasteiger partial charge in [-0.1, -0.05) is 28.1 Å². The highest BCUT2D eigenvalue weighted by atomic mass is 79.9. The lowest BCUT2D eigenvalue weighted by atomic mass is 10.1. The minimum absolute atomic E-state index is 0.140. The Bertz CT molecular complexity index is 668. The maximum absolute atomic E-state index is 12.4. The lowest BCUT2D eigenvalue weighted by Gasteiger charge is -2.13. The molecule has 2 aromatic rings. The van der Waals surface area contributed by atoms with E-state index in [1.165, 1.54) is 0 Å². The third-order valence-corrected chi connectivity index (χ3v) is 3.62. The van der Waals surface area contributed by atoms with Crippen LogP contribution < -0.4 is 10.1 Å². The van der Waals surface area contributed by atoms with Crippen LogP contribution in [0.3, 0.4) is 0 Å². The smallest absolute Gasteiger partial charge is 0.256 e. The fraction of sp³-hybridized carbons (Fsp3) is 0.235. The first-order valence-electron chi connectivity index (χ1n) is 6.82. The molecule has 0 saturated carbocycles. The van der Waals surface area contributed by atoms with Crippen LogP contribution in [0.1, 0.15) is 28.4 Å². The molecule has 2 rings (SSSR count). The maximum atomic E-state index is 12.4. The van der Waals surface area contributed by atoms with Crippen molar-refractivity contribution in [1.29, 1.82) is 0 Å². The number of carbonyl (C=O) groups is 1. The van der Waals surface area contributed by atoms with Crippen molar-refractivity contribution in [3.8, 4) is 5.75 Å². The van der Waals surface area contributed by atoms with E-state index in [0.29, 0.717) is 23.6 Å². The van der Waals surface area contributed by atoms with Gasteiger partial charge >= 0.3 is 0 Å². The summed E-state index contributed by atoms with van der Waals surface area (Å²) in [6.45, 7) is 6.39. The van der Waals surface area contributed by atoms with Crippen molar-refractivity contribution in [2.24, 2.45) is 0 Å². The number of ether oxygens (including phenoxy) is 1. The summed E-state index contributed by atoms with van der Waals surface area (Å²) in [5.41, 5.74) is 3.36. The van der Waals surface area contributed by atoms with Crippen molar-refractivity contribution >= 4 is 27.5 Å². The SMILES string of the molecule is CCOc1cc(C)ccc1NC(=O)c1cc(Br)ccc1C. The number of anilines is 1. The fourth-order valence-electron chi connectivity index (χ4n) is 2.04. The number of aryl methyl sites for hydroxylation is 2. The minimum atomic E-state index is -0.140. The highest BCUT2D eigenvalue weighted by Crippen LogP contribution is 2.27. The second-order valence-electron chi connectivity index (χ2n) is 4.85. The van der Waals surface area contributed by atoms with Crippen LogP contribution in [0.2, 0.25) is 0 Å². The number of carbonyl (C=O) groups excluding carboxylic acids is 1. The number of rotatable bonds is 4. The van der Waals surface area contributed by atoms with E-state index in [4.69, 9.17) is 4.74 Å². The predicted molar refractivity (Wildman–Crippen MR) is 89.2 cm³/mol. The highest BCUT2D eigenvalue weighted by molar-refractivity contribution is 9.10. The number of amides is 1. The third kappa shape index (κ3) is 3.85. The normalized spacial score (nSPS) is 10.3. The molecule has 21 heavy (non-hydrogen) atoms. The van der Waals surface area contributed by atoms with Crippen LogP contribution in [0.25, 0.3) is 0 Å². The monoisotopic (exact) mass is 347 g/mol. The van der Waals surface area contributed by atoms with E-state index in [1.54, 1.807) is 0 Å². The predicted octanol–water partition coefficient (Wildman–Crippen LogP) is 4.72. The van der Waals surface area contributed by atoms with E-state index >= 15 is 0 Å². The average Bonchev–Trinajstić information content (AvgIpc) is 2.44. The molecule has 0 aromatic heterocycles. The first-order chi connectivity index (χ1) is 10.0. The lowest BCUT2D eigenvalue weighted by molar-refractivity contribution is 0.102. The zero-order chi connectivity index (χ0) is 15.4. The summed E-state index contributed by atoms with van der Waals surface area (Å²) in [5, 5.41) is 2.92. The molecule has 1 N–H and O–H groups in total. The summed E-state index contributed by atoms with van der Waals surface area (Å²) in [5.74, 6) is 0.553. The molecular weight excluding hydrogens is 330 g/mol. The van der Waals surface area contributed by atoms with E-state index in [2.05, 4.69) is 21.2 Å². The quantitative estimate of drug-likeness (QED) is 0.868. The van der Waals surface area contributed by atoms with Crippen molar-refractivity contribution in [2.75, 3.05) is 11.9 Å². The van der Waals surface area contributed by atoms with Gasteiger partial charge in [0, 0.05) is 10.0 Å².